The molecule has 0 bridgehead atoms. The Morgan fingerprint density at radius 3 is 1.47 bits per heavy atom. The fourth-order valence-electron chi connectivity index (χ4n) is 13.6. The van der Waals surface area contributed by atoms with Crippen LogP contribution in [0.15, 0.2) is 103 Å². The maximum atomic E-state index is 16.4. The van der Waals surface area contributed by atoms with Gasteiger partial charge >= 0.3 is 0 Å². The predicted octanol–water partition coefficient (Wildman–Crippen LogP) is 18.9. The van der Waals surface area contributed by atoms with Gasteiger partial charge in [0, 0.05) is 60.5 Å². The van der Waals surface area contributed by atoms with Crippen LogP contribution >= 0.6 is 0 Å². The molecule has 1 atom stereocenters. The fourth-order valence-corrected chi connectivity index (χ4v) is 13.6. The smallest absolute Gasteiger partial charge is 0.266 e. The molecular weight excluding hydrogens is 977 g/mol. The summed E-state index contributed by atoms with van der Waals surface area (Å²) >= 11 is 0. The van der Waals surface area contributed by atoms with E-state index in [1.807, 2.05) is 66.7 Å². The van der Waals surface area contributed by atoms with E-state index in [9.17, 15) is 0 Å². The summed E-state index contributed by atoms with van der Waals surface area (Å²) in [6.07, 6.45) is 3.04. The molecule has 1 unspecified atom stereocenters. The number of benzene rings is 9. The van der Waals surface area contributed by atoms with Gasteiger partial charge in [-0.05, 0) is 110 Å². The maximum absolute atomic E-state index is 16.4. The number of imide groups is 2. The van der Waals surface area contributed by atoms with Crippen LogP contribution < -0.4 is 19.3 Å². The lowest BCUT2D eigenvalue weighted by atomic mass is 9.75. The van der Waals surface area contributed by atoms with Gasteiger partial charge in [0.25, 0.3) is 23.6 Å². The van der Waals surface area contributed by atoms with Crippen LogP contribution in [0.4, 0.5) is 11.4 Å². The molecule has 8 heteroatoms. The Balaban J connectivity index is 1.26. The first kappa shape index (κ1) is 51.9. The van der Waals surface area contributed by atoms with Crippen LogP contribution in [0.3, 0.4) is 0 Å². The zero-order valence-electron chi connectivity index (χ0n) is 48.0. The third kappa shape index (κ3) is 7.52. The van der Waals surface area contributed by atoms with Gasteiger partial charge in [-0.25, -0.2) is 9.80 Å². The number of amides is 4. The summed E-state index contributed by atoms with van der Waals surface area (Å²) in [7, 11) is 0. The Hall–Kier alpha value is -7.84. The zero-order valence-corrected chi connectivity index (χ0v) is 48.0. The molecule has 0 saturated heterocycles. The lowest BCUT2D eigenvalue weighted by Crippen LogP contribution is -2.42. The number of aryl methyl sites for hydroxylation is 2. The molecule has 0 N–H and O–H groups in total. The highest BCUT2D eigenvalue weighted by Crippen LogP contribution is 2.59. The number of hydrogen-bond donors (Lipinski definition) is 0. The Labute approximate surface area is 464 Å². The highest BCUT2D eigenvalue weighted by molar-refractivity contribution is 6.47. The summed E-state index contributed by atoms with van der Waals surface area (Å²) in [5.74, 6) is 0.830. The monoisotopic (exact) mass is 1050 g/mol. The summed E-state index contributed by atoms with van der Waals surface area (Å²) < 4.78 is 15.1. The number of carbonyl (C=O) groups is 4. The molecule has 3 heterocycles. The van der Waals surface area contributed by atoms with Crippen LogP contribution in [0.5, 0.6) is 23.0 Å². The minimum Gasteiger partial charge on any atom is -0.456 e. The molecule has 4 amide bonds. The summed E-state index contributed by atoms with van der Waals surface area (Å²) in [5.41, 5.74) is 11.4. The molecule has 79 heavy (non-hydrogen) atoms. The number of fused-ring (bicyclic) bond motifs is 6. The van der Waals surface area contributed by atoms with E-state index in [0.29, 0.717) is 96.2 Å². The van der Waals surface area contributed by atoms with Crippen molar-refractivity contribution in [3.05, 3.63) is 175 Å². The summed E-state index contributed by atoms with van der Waals surface area (Å²) in [5, 5.41) is 5.34. The van der Waals surface area contributed by atoms with Gasteiger partial charge in [-0.15, -0.1) is 0 Å². The van der Waals surface area contributed by atoms with Crippen molar-refractivity contribution in [2.24, 2.45) is 0 Å². The topological polar surface area (TPSA) is 93.2 Å². The first-order valence-electron chi connectivity index (χ1n) is 28.8. The Bertz CT molecular complexity index is 4070. The molecule has 0 aromatic heterocycles. The van der Waals surface area contributed by atoms with E-state index in [1.54, 1.807) is 0 Å². The van der Waals surface area contributed by atoms with Crippen molar-refractivity contribution in [2.75, 3.05) is 9.80 Å². The number of para-hydroxylation sites is 4. The van der Waals surface area contributed by atoms with Crippen molar-refractivity contribution in [1.29, 1.82) is 0 Å². The van der Waals surface area contributed by atoms with E-state index in [4.69, 9.17) is 9.47 Å². The molecule has 0 radical (unpaired) electrons. The Kier molecular flexibility index (Phi) is 12.6. The van der Waals surface area contributed by atoms with Crippen molar-refractivity contribution in [3.63, 3.8) is 0 Å². The van der Waals surface area contributed by atoms with E-state index in [2.05, 4.69) is 126 Å². The molecule has 12 rings (SSSR count). The molecule has 3 aliphatic heterocycles. The van der Waals surface area contributed by atoms with E-state index >= 15 is 19.2 Å². The fraction of sp³-hybridized carbons (Fsp3) is 0.324. The molecule has 400 valence electrons. The maximum Gasteiger partial charge on any atom is 0.266 e. The van der Waals surface area contributed by atoms with Gasteiger partial charge in [0.1, 0.15) is 23.0 Å². The molecule has 9 aromatic carbocycles. The normalized spacial score (nSPS) is 15.2. The first-order chi connectivity index (χ1) is 37.9. The number of anilines is 2. The van der Waals surface area contributed by atoms with Crippen LogP contribution in [-0.4, -0.2) is 23.6 Å². The van der Waals surface area contributed by atoms with Gasteiger partial charge < -0.3 is 9.47 Å². The van der Waals surface area contributed by atoms with Crippen molar-refractivity contribution in [2.45, 2.75) is 151 Å². The molecule has 8 nitrogen and oxygen atoms in total. The number of carbonyl (C=O) groups excluding carboxylic acids is 4. The molecule has 3 aliphatic rings. The van der Waals surface area contributed by atoms with Crippen molar-refractivity contribution in [1.82, 2.24) is 0 Å². The van der Waals surface area contributed by atoms with E-state index in [1.165, 1.54) is 9.80 Å². The van der Waals surface area contributed by atoms with Crippen LogP contribution in [0, 0.1) is 0 Å². The van der Waals surface area contributed by atoms with Crippen molar-refractivity contribution < 1.29 is 28.7 Å². The van der Waals surface area contributed by atoms with Gasteiger partial charge in [-0.3, -0.25) is 19.2 Å². The lowest BCUT2D eigenvalue weighted by Gasteiger charge is -2.37. The lowest BCUT2D eigenvalue weighted by molar-refractivity contribution is 0.0876. The number of ether oxygens (including phenoxy) is 2. The first-order valence-corrected chi connectivity index (χ1v) is 28.8. The number of nitrogens with zero attached hydrogens (tertiary/aromatic N) is 2. The molecule has 9 aromatic rings. The third-order valence-corrected chi connectivity index (χ3v) is 17.3. The van der Waals surface area contributed by atoms with Crippen molar-refractivity contribution >= 4 is 78.1 Å². The standard InChI is InChI=1S/C71H70N2O6/c1-14-20-41-22-16-24-43(35(3)4)63(41)72-68(74)51-32-31-50-58-56(51)53(70(72)76)34-54(78-65-45(37(7)8)26-18-27-46(65)38(9)10)57(58)49-30-33-52-60-59(49)61(50)67-55(40(13)48-29-19-28-47(39(11)12)66(48)79-67)62(60)71(77)73(69(52)75)64-42(21-15-2)23-17-25-44(64)36(5)6/h16-19,22-40H,14-15,20-21H2,1-13H3. The second-order valence-corrected chi connectivity index (χ2v) is 23.9. The van der Waals surface area contributed by atoms with E-state index in [0.717, 1.165) is 79.3 Å². The SMILES string of the molecule is CCCc1cccc(C(C)C)c1N1C(=O)c2ccc3c4c5c(c6c7c(ccc(c8c(Oc9c(C(C)C)cccc9C(C)C)cc(c2c38)C1=O)c74)C(=O)N(c1c(CCC)cccc1C(C)C)C6=O)C(C)c1cccc(C(C)C)c1O5. The van der Waals surface area contributed by atoms with Gasteiger partial charge in [0.2, 0.25) is 0 Å². The van der Waals surface area contributed by atoms with Gasteiger partial charge in [0.15, 0.2) is 0 Å². The average molecular weight is 1050 g/mol. The number of hydrogen-bond acceptors (Lipinski definition) is 6. The van der Waals surface area contributed by atoms with E-state index in [-0.39, 0.29) is 53.2 Å². The minimum absolute atomic E-state index is 0.0185. The number of rotatable bonds is 13. The van der Waals surface area contributed by atoms with Gasteiger partial charge in [0.05, 0.1) is 22.5 Å². The van der Waals surface area contributed by atoms with Crippen LogP contribution in [-0.2, 0) is 12.8 Å². The molecule has 0 aliphatic carbocycles. The summed E-state index contributed by atoms with van der Waals surface area (Å²) in [6, 6.07) is 34.4. The Morgan fingerprint density at radius 1 is 0.468 bits per heavy atom. The predicted molar refractivity (Wildman–Crippen MR) is 322 cm³/mol. The minimum atomic E-state index is -0.420. The highest BCUT2D eigenvalue weighted by atomic mass is 16.5. The third-order valence-electron chi connectivity index (χ3n) is 17.3. The van der Waals surface area contributed by atoms with Crippen molar-refractivity contribution in [3.8, 4) is 23.0 Å². The van der Waals surface area contributed by atoms with E-state index < -0.39 is 5.91 Å². The quantitative estimate of drug-likeness (QED) is 0.0649. The largest absolute Gasteiger partial charge is 0.456 e. The second-order valence-electron chi connectivity index (χ2n) is 23.9. The van der Waals surface area contributed by atoms with Gasteiger partial charge in [-0.2, -0.15) is 0 Å². The summed E-state index contributed by atoms with van der Waals surface area (Å²) in [4.78, 5) is 66.8. The highest BCUT2D eigenvalue weighted by Gasteiger charge is 2.45. The molecular formula is C71H70N2O6. The molecule has 0 saturated carbocycles. The average Bonchev–Trinajstić information content (AvgIpc) is 2.89. The molecule has 0 spiro atoms. The van der Waals surface area contributed by atoms with Crippen LogP contribution in [0.1, 0.15) is 230 Å². The van der Waals surface area contributed by atoms with Crippen LogP contribution in [0.2, 0.25) is 0 Å². The second kappa shape index (κ2) is 19.2. The van der Waals surface area contributed by atoms with Gasteiger partial charge in [-0.1, -0.05) is 188 Å². The molecule has 0 fully saturated rings. The van der Waals surface area contributed by atoms with Crippen LogP contribution in [0.25, 0.3) is 43.1 Å². The zero-order chi connectivity index (χ0) is 55.8. The summed E-state index contributed by atoms with van der Waals surface area (Å²) in [6.45, 7) is 27.8. The Morgan fingerprint density at radius 2 is 0.924 bits per heavy atom.